The Morgan fingerprint density at radius 2 is 2.83 bits per heavy atom. The van der Waals surface area contributed by atoms with E-state index >= 15 is 0 Å². The maximum absolute atomic E-state index is 4.89. The van der Waals surface area contributed by atoms with Crippen LogP contribution in [0.25, 0.3) is 0 Å². The van der Waals surface area contributed by atoms with E-state index in [0.717, 1.165) is 6.61 Å². The molecular weight excluding hydrogens is 96.1 g/mol. The van der Waals surface area contributed by atoms with Crippen molar-refractivity contribution in [2.24, 2.45) is 0 Å². The minimum absolute atomic E-state index is 0.685. The summed E-state index contributed by atoms with van der Waals surface area (Å²) in [5, 5.41) is 0.685. The summed E-state index contributed by atoms with van der Waals surface area (Å²) in [7, 11) is 0. The molecule has 1 heterocycles. The minimum Gasteiger partial charge on any atom is -0.363 e. The number of hydrogen-bond acceptors (Lipinski definition) is 2. The van der Waals surface area contributed by atoms with E-state index in [0.29, 0.717) is 5.25 Å². The SMILES string of the molecule is CC1CO[CH]S1. The van der Waals surface area contributed by atoms with Crippen LogP contribution < -0.4 is 0 Å². The van der Waals surface area contributed by atoms with E-state index in [1.807, 2.05) is 0 Å². The van der Waals surface area contributed by atoms with Gasteiger partial charge in [-0.15, -0.1) is 11.8 Å². The highest BCUT2D eigenvalue weighted by molar-refractivity contribution is 8.01. The number of thioether (sulfide) groups is 1. The summed E-state index contributed by atoms with van der Waals surface area (Å²) in [4.78, 5) is 0. The van der Waals surface area contributed by atoms with Crippen molar-refractivity contribution in [2.75, 3.05) is 6.61 Å². The molecule has 0 aromatic rings. The summed E-state index contributed by atoms with van der Waals surface area (Å²) < 4.78 is 4.89. The molecule has 1 nitrogen and oxygen atoms in total. The van der Waals surface area contributed by atoms with Crippen LogP contribution in [-0.4, -0.2) is 11.9 Å². The molecule has 0 amide bonds. The first kappa shape index (κ1) is 4.47. The van der Waals surface area contributed by atoms with Crippen LogP contribution in [0, 0.1) is 5.94 Å². The number of ether oxygens (including phenoxy) is 1. The highest BCUT2D eigenvalue weighted by atomic mass is 32.2. The van der Waals surface area contributed by atoms with Gasteiger partial charge in [0.25, 0.3) is 0 Å². The van der Waals surface area contributed by atoms with E-state index in [9.17, 15) is 0 Å². The molecule has 1 fully saturated rings. The molecule has 1 radical (unpaired) electrons. The van der Waals surface area contributed by atoms with Gasteiger partial charge in [-0.2, -0.15) is 0 Å². The Bertz CT molecular complexity index is 40.8. The van der Waals surface area contributed by atoms with Gasteiger partial charge in [0, 0.05) is 5.25 Å². The second-order valence-electron chi connectivity index (χ2n) is 1.38. The molecule has 2 heteroatoms. The van der Waals surface area contributed by atoms with Gasteiger partial charge in [0.2, 0.25) is 0 Å². The summed E-state index contributed by atoms with van der Waals surface area (Å²) in [6, 6.07) is 0. The number of rotatable bonds is 0. The zero-order chi connectivity index (χ0) is 4.41. The molecule has 0 aromatic carbocycles. The van der Waals surface area contributed by atoms with Crippen molar-refractivity contribution in [3.05, 3.63) is 5.94 Å². The lowest BCUT2D eigenvalue weighted by atomic mass is 10.5. The fourth-order valence-corrected chi connectivity index (χ4v) is 0.852. The van der Waals surface area contributed by atoms with Crippen molar-refractivity contribution < 1.29 is 4.74 Å². The van der Waals surface area contributed by atoms with Gasteiger partial charge in [-0.05, 0) is 0 Å². The molecule has 6 heavy (non-hydrogen) atoms. The molecular formula is C4H7OS. The number of hydrogen-bond donors (Lipinski definition) is 0. The van der Waals surface area contributed by atoms with Gasteiger partial charge in [0.05, 0.1) is 6.61 Å². The van der Waals surface area contributed by atoms with Crippen LogP contribution in [0.2, 0.25) is 0 Å². The lowest BCUT2D eigenvalue weighted by Crippen LogP contribution is -1.93. The van der Waals surface area contributed by atoms with Crippen molar-refractivity contribution >= 4 is 11.8 Å². The van der Waals surface area contributed by atoms with Crippen molar-refractivity contribution in [1.82, 2.24) is 0 Å². The molecule has 1 aliphatic heterocycles. The molecule has 0 aliphatic carbocycles. The third-order valence-corrected chi connectivity index (χ3v) is 1.53. The second kappa shape index (κ2) is 1.85. The van der Waals surface area contributed by atoms with E-state index in [-0.39, 0.29) is 0 Å². The Morgan fingerprint density at radius 3 is 3.00 bits per heavy atom. The average molecular weight is 103 g/mol. The van der Waals surface area contributed by atoms with Gasteiger partial charge in [-0.3, -0.25) is 0 Å². The van der Waals surface area contributed by atoms with Gasteiger partial charge in [0.15, 0.2) is 0 Å². The molecule has 1 rings (SSSR count). The molecule has 1 aliphatic rings. The predicted octanol–water partition coefficient (Wildman–Crippen LogP) is 1.26. The van der Waals surface area contributed by atoms with E-state index in [2.05, 4.69) is 6.92 Å². The molecule has 0 bridgehead atoms. The molecule has 35 valence electrons. The summed E-state index contributed by atoms with van der Waals surface area (Å²) in [5.41, 5.74) is 0. The van der Waals surface area contributed by atoms with Crippen molar-refractivity contribution in [3.63, 3.8) is 0 Å². The second-order valence-corrected chi connectivity index (χ2v) is 2.65. The fourth-order valence-electron chi connectivity index (χ4n) is 0.348. The van der Waals surface area contributed by atoms with Crippen LogP contribution in [0.5, 0.6) is 0 Å². The third kappa shape index (κ3) is 0.884. The molecule has 1 atom stereocenters. The fraction of sp³-hybridized carbons (Fsp3) is 0.750. The van der Waals surface area contributed by atoms with E-state index in [4.69, 9.17) is 4.74 Å². The highest BCUT2D eigenvalue weighted by Crippen LogP contribution is 2.21. The van der Waals surface area contributed by atoms with E-state index in [1.54, 1.807) is 17.7 Å². The normalized spacial score (nSPS) is 34.5. The zero-order valence-corrected chi connectivity index (χ0v) is 4.49. The quantitative estimate of drug-likeness (QED) is 0.456. The third-order valence-electron chi connectivity index (χ3n) is 0.687. The van der Waals surface area contributed by atoms with E-state index in [1.165, 1.54) is 0 Å². The first-order valence-corrected chi connectivity index (χ1v) is 2.92. The average Bonchev–Trinajstić information content (AvgIpc) is 1.86. The lowest BCUT2D eigenvalue weighted by molar-refractivity contribution is 0.252. The predicted molar refractivity (Wildman–Crippen MR) is 27.3 cm³/mol. The van der Waals surface area contributed by atoms with Crippen LogP contribution in [0.4, 0.5) is 0 Å². The van der Waals surface area contributed by atoms with Crippen LogP contribution in [0.1, 0.15) is 6.92 Å². The largest absolute Gasteiger partial charge is 0.363 e. The van der Waals surface area contributed by atoms with Crippen LogP contribution in [0.15, 0.2) is 0 Å². The van der Waals surface area contributed by atoms with Gasteiger partial charge in [-0.25, -0.2) is 0 Å². The van der Waals surface area contributed by atoms with Crippen LogP contribution in [0.3, 0.4) is 0 Å². The van der Waals surface area contributed by atoms with E-state index < -0.39 is 0 Å². The molecule has 1 unspecified atom stereocenters. The maximum Gasteiger partial charge on any atom is 0.139 e. The first-order chi connectivity index (χ1) is 2.89. The molecule has 1 saturated heterocycles. The van der Waals surface area contributed by atoms with Gasteiger partial charge >= 0.3 is 0 Å². The molecule has 0 aromatic heterocycles. The van der Waals surface area contributed by atoms with Crippen LogP contribution >= 0.6 is 11.8 Å². The summed E-state index contributed by atoms with van der Waals surface area (Å²) in [6.45, 7) is 3.04. The smallest absolute Gasteiger partial charge is 0.139 e. The first-order valence-electron chi connectivity index (χ1n) is 1.98. The van der Waals surface area contributed by atoms with Crippen molar-refractivity contribution in [1.29, 1.82) is 0 Å². The van der Waals surface area contributed by atoms with Gasteiger partial charge in [-0.1, -0.05) is 6.92 Å². The standard InChI is InChI=1S/C4H7OS/c1-4-2-5-3-6-4/h3-4H,2H2,1H3. The Balaban J connectivity index is 2.18. The molecule has 0 N–H and O–H groups in total. The summed E-state index contributed by atoms with van der Waals surface area (Å²) >= 11 is 1.75. The maximum atomic E-state index is 4.89. The zero-order valence-electron chi connectivity index (χ0n) is 3.68. The Kier molecular flexibility index (Phi) is 1.37. The lowest BCUT2D eigenvalue weighted by Gasteiger charge is -1.88. The Hall–Kier alpha value is 0.310. The van der Waals surface area contributed by atoms with Gasteiger partial charge in [0.1, 0.15) is 5.94 Å². The Labute approximate surface area is 42.1 Å². The molecule has 0 saturated carbocycles. The van der Waals surface area contributed by atoms with Crippen LogP contribution in [-0.2, 0) is 4.74 Å². The molecule has 0 spiro atoms. The minimum atomic E-state index is 0.685. The highest BCUT2D eigenvalue weighted by Gasteiger charge is 2.08. The Morgan fingerprint density at radius 1 is 2.00 bits per heavy atom. The summed E-state index contributed by atoms with van der Waals surface area (Å²) in [5.74, 6) is 1.80. The monoisotopic (exact) mass is 103 g/mol. The van der Waals surface area contributed by atoms with Gasteiger partial charge < -0.3 is 4.74 Å². The van der Waals surface area contributed by atoms with Crippen molar-refractivity contribution in [3.8, 4) is 0 Å². The topological polar surface area (TPSA) is 9.23 Å². The summed E-state index contributed by atoms with van der Waals surface area (Å²) in [6.07, 6.45) is 0. The van der Waals surface area contributed by atoms with Crippen molar-refractivity contribution in [2.45, 2.75) is 12.2 Å².